The molecule has 2 atom stereocenters. The Morgan fingerprint density at radius 3 is 2.47 bits per heavy atom. The van der Waals surface area contributed by atoms with E-state index in [0.29, 0.717) is 41.2 Å². The molecule has 7 nitrogen and oxygen atoms in total. The van der Waals surface area contributed by atoms with E-state index >= 15 is 0 Å². The normalized spacial score (nSPS) is 19.6. The smallest absolute Gasteiger partial charge is 0.338 e. The molecule has 1 amide bonds. The lowest BCUT2D eigenvalue weighted by atomic mass is 9.94. The van der Waals surface area contributed by atoms with Gasteiger partial charge in [0, 0.05) is 0 Å². The van der Waals surface area contributed by atoms with E-state index < -0.39 is 12.0 Å². The predicted molar refractivity (Wildman–Crippen MR) is 132 cm³/mol. The molecule has 2 aromatic rings. The van der Waals surface area contributed by atoms with Gasteiger partial charge in [0.2, 0.25) is 5.91 Å². The first-order valence-corrected chi connectivity index (χ1v) is 12.2. The van der Waals surface area contributed by atoms with Crippen molar-refractivity contribution in [1.29, 1.82) is 0 Å². The SMILES string of the molecule is CCOc1ccc(C2C(C(=O)OCc3ccccc3)=C(C)N=C3SC(C)C(=O)N32)cc1OCC. The number of carbonyl (C=O) groups excluding carboxylic acids is 2. The van der Waals surface area contributed by atoms with Crippen LogP contribution in [0.2, 0.25) is 0 Å². The van der Waals surface area contributed by atoms with Crippen molar-refractivity contribution in [3.8, 4) is 11.5 Å². The molecule has 2 aliphatic rings. The molecule has 0 N–H and O–H groups in total. The second kappa shape index (κ2) is 10.3. The molecule has 2 aromatic carbocycles. The lowest BCUT2D eigenvalue weighted by Crippen LogP contribution is -2.40. The highest BCUT2D eigenvalue weighted by molar-refractivity contribution is 8.15. The number of allylic oxidation sites excluding steroid dienone is 1. The number of benzene rings is 2. The third-order valence-corrected chi connectivity index (χ3v) is 6.63. The van der Waals surface area contributed by atoms with Gasteiger partial charge in [0.05, 0.1) is 35.8 Å². The van der Waals surface area contributed by atoms with Crippen LogP contribution in [0.15, 0.2) is 64.8 Å². The molecule has 2 aliphatic heterocycles. The summed E-state index contributed by atoms with van der Waals surface area (Å²) in [5, 5.41) is 0.300. The highest BCUT2D eigenvalue weighted by Crippen LogP contribution is 2.45. The van der Waals surface area contributed by atoms with Gasteiger partial charge in [-0.15, -0.1) is 0 Å². The zero-order valence-corrected chi connectivity index (χ0v) is 20.6. The van der Waals surface area contributed by atoms with Crippen LogP contribution in [-0.4, -0.2) is 40.4 Å². The van der Waals surface area contributed by atoms with E-state index in [1.54, 1.807) is 11.8 Å². The summed E-state index contributed by atoms with van der Waals surface area (Å²) in [5.74, 6) is 0.579. The molecule has 8 heteroatoms. The fraction of sp³-hybridized carbons (Fsp3) is 0.346. The monoisotopic (exact) mass is 480 g/mol. The Morgan fingerprint density at radius 1 is 1.06 bits per heavy atom. The maximum absolute atomic E-state index is 13.4. The van der Waals surface area contributed by atoms with Crippen LogP contribution in [0.25, 0.3) is 0 Å². The third-order valence-electron chi connectivity index (χ3n) is 5.57. The average molecular weight is 481 g/mol. The number of amides is 1. The van der Waals surface area contributed by atoms with Gasteiger partial charge in [0.25, 0.3) is 0 Å². The number of hydrogen-bond donors (Lipinski definition) is 0. The largest absolute Gasteiger partial charge is 0.490 e. The van der Waals surface area contributed by atoms with Crippen LogP contribution in [0.4, 0.5) is 0 Å². The lowest BCUT2D eigenvalue weighted by Gasteiger charge is -2.33. The molecule has 0 spiro atoms. The Labute approximate surface area is 203 Å². The fourth-order valence-electron chi connectivity index (χ4n) is 4.02. The predicted octanol–water partition coefficient (Wildman–Crippen LogP) is 4.88. The first-order valence-electron chi connectivity index (χ1n) is 11.3. The van der Waals surface area contributed by atoms with Crippen LogP contribution < -0.4 is 9.47 Å². The molecule has 1 fully saturated rings. The second-order valence-corrected chi connectivity index (χ2v) is 9.21. The van der Waals surface area contributed by atoms with Crippen molar-refractivity contribution >= 4 is 28.8 Å². The van der Waals surface area contributed by atoms with Gasteiger partial charge in [0.1, 0.15) is 6.61 Å². The summed E-state index contributed by atoms with van der Waals surface area (Å²) in [4.78, 5) is 32.7. The molecule has 0 aliphatic carbocycles. The van der Waals surface area contributed by atoms with Crippen LogP contribution in [0.1, 0.15) is 44.9 Å². The molecule has 2 heterocycles. The lowest BCUT2D eigenvalue weighted by molar-refractivity contribution is -0.141. The van der Waals surface area contributed by atoms with Crippen molar-refractivity contribution in [2.24, 2.45) is 4.99 Å². The van der Waals surface area contributed by atoms with Gasteiger partial charge in [-0.1, -0.05) is 48.2 Å². The van der Waals surface area contributed by atoms with E-state index in [4.69, 9.17) is 14.2 Å². The number of amidine groups is 1. The average Bonchev–Trinajstić information content (AvgIpc) is 3.11. The van der Waals surface area contributed by atoms with Gasteiger partial charge in [-0.2, -0.15) is 0 Å². The van der Waals surface area contributed by atoms with Gasteiger partial charge in [-0.3, -0.25) is 9.69 Å². The standard InChI is InChI=1S/C26H28N2O5S/c1-5-31-20-13-12-19(14-21(20)32-6-2)23-22(25(30)33-15-18-10-8-7-9-11-18)16(3)27-26-28(23)24(29)17(4)34-26/h7-14,17,23H,5-6,15H2,1-4H3. The highest BCUT2D eigenvalue weighted by Gasteiger charge is 2.46. The van der Waals surface area contributed by atoms with E-state index in [1.807, 2.05) is 69.3 Å². The number of rotatable bonds is 8. The molecule has 2 unspecified atom stereocenters. The molecular formula is C26H28N2O5S. The summed E-state index contributed by atoms with van der Waals surface area (Å²) in [6, 6.07) is 14.3. The Kier molecular flexibility index (Phi) is 7.26. The molecule has 34 heavy (non-hydrogen) atoms. The summed E-state index contributed by atoms with van der Waals surface area (Å²) in [5.41, 5.74) is 2.49. The maximum atomic E-state index is 13.4. The number of esters is 1. The van der Waals surface area contributed by atoms with Crippen molar-refractivity contribution in [3.05, 3.63) is 70.9 Å². The minimum Gasteiger partial charge on any atom is -0.490 e. The van der Waals surface area contributed by atoms with Gasteiger partial charge in [-0.05, 0) is 51.0 Å². The summed E-state index contributed by atoms with van der Waals surface area (Å²) in [6.07, 6.45) is 0. The van der Waals surface area contributed by atoms with Crippen molar-refractivity contribution < 1.29 is 23.8 Å². The number of ether oxygens (including phenoxy) is 3. The fourth-order valence-corrected chi connectivity index (χ4v) is 5.05. The molecule has 0 aromatic heterocycles. The minimum atomic E-state index is -0.671. The van der Waals surface area contributed by atoms with E-state index in [2.05, 4.69) is 4.99 Å². The second-order valence-electron chi connectivity index (χ2n) is 7.90. The Morgan fingerprint density at radius 2 is 1.76 bits per heavy atom. The van der Waals surface area contributed by atoms with Crippen LogP contribution >= 0.6 is 11.8 Å². The Hall–Kier alpha value is -3.26. The zero-order valence-electron chi connectivity index (χ0n) is 19.7. The summed E-state index contributed by atoms with van der Waals surface area (Å²) in [7, 11) is 0. The summed E-state index contributed by atoms with van der Waals surface area (Å²) >= 11 is 1.39. The van der Waals surface area contributed by atoms with E-state index in [1.165, 1.54) is 11.8 Å². The first kappa shape index (κ1) is 23.9. The number of nitrogens with zero attached hydrogens (tertiary/aromatic N) is 2. The van der Waals surface area contributed by atoms with Gasteiger partial charge >= 0.3 is 5.97 Å². The van der Waals surface area contributed by atoms with Gasteiger partial charge in [-0.25, -0.2) is 9.79 Å². The first-order chi connectivity index (χ1) is 16.4. The van der Waals surface area contributed by atoms with Crippen molar-refractivity contribution in [1.82, 2.24) is 4.90 Å². The van der Waals surface area contributed by atoms with Crippen LogP contribution in [0.5, 0.6) is 11.5 Å². The minimum absolute atomic E-state index is 0.0959. The number of thioether (sulfide) groups is 1. The summed E-state index contributed by atoms with van der Waals surface area (Å²) < 4.78 is 17.2. The maximum Gasteiger partial charge on any atom is 0.338 e. The molecule has 0 radical (unpaired) electrons. The zero-order chi connectivity index (χ0) is 24.2. The molecule has 178 valence electrons. The van der Waals surface area contributed by atoms with E-state index in [-0.39, 0.29) is 17.8 Å². The topological polar surface area (TPSA) is 77.4 Å². The highest BCUT2D eigenvalue weighted by atomic mass is 32.2. The number of hydrogen-bond acceptors (Lipinski definition) is 7. The van der Waals surface area contributed by atoms with E-state index in [9.17, 15) is 9.59 Å². The molecule has 4 rings (SSSR count). The van der Waals surface area contributed by atoms with Crippen molar-refractivity contribution in [2.75, 3.05) is 13.2 Å². The molecule has 0 saturated carbocycles. The number of aliphatic imine (C=N–C) groups is 1. The van der Waals surface area contributed by atoms with Crippen LogP contribution in [0.3, 0.4) is 0 Å². The Balaban J connectivity index is 1.74. The third kappa shape index (κ3) is 4.68. The van der Waals surface area contributed by atoms with Gasteiger partial charge < -0.3 is 14.2 Å². The Bertz CT molecular complexity index is 1150. The molecule has 1 saturated heterocycles. The quantitative estimate of drug-likeness (QED) is 0.502. The van der Waals surface area contributed by atoms with E-state index in [0.717, 1.165) is 11.1 Å². The number of carbonyl (C=O) groups is 2. The molecule has 0 bridgehead atoms. The van der Waals surface area contributed by atoms with Crippen LogP contribution in [-0.2, 0) is 20.9 Å². The summed E-state index contributed by atoms with van der Waals surface area (Å²) in [6.45, 7) is 8.51. The number of fused-ring (bicyclic) bond motifs is 1. The van der Waals surface area contributed by atoms with Crippen molar-refractivity contribution in [2.45, 2.75) is 45.6 Å². The van der Waals surface area contributed by atoms with Gasteiger partial charge in [0.15, 0.2) is 16.7 Å². The molecular weight excluding hydrogens is 452 g/mol. The van der Waals surface area contributed by atoms with Crippen molar-refractivity contribution in [3.63, 3.8) is 0 Å². The van der Waals surface area contributed by atoms with Crippen LogP contribution in [0, 0.1) is 0 Å².